The number of rotatable bonds is 3. The van der Waals surface area contributed by atoms with Crippen molar-refractivity contribution in [1.29, 1.82) is 0 Å². The summed E-state index contributed by atoms with van der Waals surface area (Å²) in [6, 6.07) is 24.0. The van der Waals surface area contributed by atoms with E-state index in [0.717, 1.165) is 28.1 Å². The molecule has 109 valence electrons. The Labute approximate surface area is 134 Å². The summed E-state index contributed by atoms with van der Waals surface area (Å²) in [6.07, 6.45) is 4.37. The quantitative estimate of drug-likeness (QED) is 0.541. The maximum absolute atomic E-state index is 5.57. The number of benzene rings is 2. The van der Waals surface area contributed by atoms with E-state index in [4.69, 9.17) is 4.42 Å². The van der Waals surface area contributed by atoms with Crippen LogP contribution >= 0.6 is 0 Å². The van der Waals surface area contributed by atoms with Gasteiger partial charge in [-0.3, -0.25) is 4.98 Å². The van der Waals surface area contributed by atoms with Crippen LogP contribution in [0.3, 0.4) is 0 Å². The Hall–Kier alpha value is -3.20. The van der Waals surface area contributed by atoms with Crippen molar-refractivity contribution in [3.05, 3.63) is 85.4 Å². The number of oxazole rings is 1. The zero-order valence-corrected chi connectivity index (χ0v) is 12.3. The first-order valence-corrected chi connectivity index (χ1v) is 7.36. The Morgan fingerprint density at radius 3 is 2.13 bits per heavy atom. The topological polar surface area (TPSA) is 38.9 Å². The molecule has 0 saturated heterocycles. The summed E-state index contributed by atoms with van der Waals surface area (Å²) in [5.41, 5.74) is 4.60. The molecule has 23 heavy (non-hydrogen) atoms. The smallest absolute Gasteiger partial charge is 0.284 e. The lowest BCUT2D eigenvalue weighted by Crippen LogP contribution is -1.90. The molecule has 2 aromatic carbocycles. The standard InChI is InChI=1S/C20H13N2O/c1-3-8-15(9-4-1)17-12-7-13-21-19(17)20-18(22-14-23-20)16-10-5-2-6-11-16/h1-13H. The normalized spacial score (nSPS) is 10.6. The molecule has 0 N–H and O–H groups in total. The van der Waals surface area contributed by atoms with Crippen LogP contribution in [-0.4, -0.2) is 9.97 Å². The molecule has 0 aliphatic carbocycles. The molecule has 0 atom stereocenters. The summed E-state index contributed by atoms with van der Waals surface area (Å²) >= 11 is 0. The monoisotopic (exact) mass is 297 g/mol. The summed E-state index contributed by atoms with van der Waals surface area (Å²) in [4.78, 5) is 8.80. The third-order valence-electron chi connectivity index (χ3n) is 3.68. The number of aromatic nitrogens is 2. The van der Waals surface area contributed by atoms with Crippen molar-refractivity contribution >= 4 is 0 Å². The van der Waals surface area contributed by atoms with Crippen LogP contribution in [0.15, 0.2) is 83.4 Å². The molecule has 3 nitrogen and oxygen atoms in total. The van der Waals surface area contributed by atoms with E-state index in [1.165, 1.54) is 0 Å². The zero-order chi connectivity index (χ0) is 15.5. The fourth-order valence-electron chi connectivity index (χ4n) is 2.60. The molecule has 0 aliphatic rings. The first-order chi connectivity index (χ1) is 11.4. The average molecular weight is 297 g/mol. The van der Waals surface area contributed by atoms with Crippen molar-refractivity contribution in [3.63, 3.8) is 0 Å². The number of nitrogens with zero attached hydrogens (tertiary/aromatic N) is 2. The summed E-state index contributed by atoms with van der Waals surface area (Å²) in [5.74, 6) is 0.635. The third-order valence-corrected chi connectivity index (χ3v) is 3.68. The molecule has 4 aromatic rings. The van der Waals surface area contributed by atoms with Crippen molar-refractivity contribution in [2.45, 2.75) is 0 Å². The second kappa shape index (κ2) is 5.89. The van der Waals surface area contributed by atoms with Gasteiger partial charge in [-0.05, 0) is 11.6 Å². The zero-order valence-electron chi connectivity index (χ0n) is 12.3. The Kier molecular flexibility index (Phi) is 3.45. The molecule has 0 unspecified atom stereocenters. The molecule has 0 aliphatic heterocycles. The molecule has 0 amide bonds. The van der Waals surface area contributed by atoms with Gasteiger partial charge in [-0.25, -0.2) is 4.98 Å². The summed E-state index contributed by atoms with van der Waals surface area (Å²) in [5, 5.41) is 0. The van der Waals surface area contributed by atoms with Crippen LogP contribution in [0.4, 0.5) is 0 Å². The van der Waals surface area contributed by atoms with Crippen molar-refractivity contribution < 1.29 is 4.42 Å². The van der Waals surface area contributed by atoms with E-state index in [0.29, 0.717) is 5.76 Å². The van der Waals surface area contributed by atoms with Gasteiger partial charge in [0, 0.05) is 17.3 Å². The second-order valence-electron chi connectivity index (χ2n) is 5.11. The SMILES string of the molecule is [c]1nc(-c2ccccc2)c(-c2ncccc2-c2ccccc2)o1. The second-order valence-corrected chi connectivity index (χ2v) is 5.11. The molecule has 0 fully saturated rings. The number of pyridine rings is 1. The minimum absolute atomic E-state index is 0.635. The first kappa shape index (κ1) is 13.5. The lowest BCUT2D eigenvalue weighted by Gasteiger charge is -2.07. The van der Waals surface area contributed by atoms with Gasteiger partial charge in [0.2, 0.25) is 0 Å². The fourth-order valence-corrected chi connectivity index (χ4v) is 2.60. The molecule has 4 rings (SSSR count). The van der Waals surface area contributed by atoms with E-state index < -0.39 is 0 Å². The van der Waals surface area contributed by atoms with Crippen molar-refractivity contribution in [1.82, 2.24) is 9.97 Å². The molecule has 3 heteroatoms. The van der Waals surface area contributed by atoms with Crippen LogP contribution in [-0.2, 0) is 0 Å². The fraction of sp³-hybridized carbons (Fsp3) is 0. The van der Waals surface area contributed by atoms with E-state index in [1.54, 1.807) is 6.20 Å². The van der Waals surface area contributed by atoms with Gasteiger partial charge in [0.15, 0.2) is 5.76 Å². The van der Waals surface area contributed by atoms with Gasteiger partial charge in [-0.2, -0.15) is 0 Å². The van der Waals surface area contributed by atoms with E-state index in [1.807, 2.05) is 60.7 Å². The van der Waals surface area contributed by atoms with Crippen LogP contribution in [0.25, 0.3) is 33.8 Å². The first-order valence-electron chi connectivity index (χ1n) is 7.36. The lowest BCUT2D eigenvalue weighted by molar-refractivity contribution is 0.560. The van der Waals surface area contributed by atoms with Crippen LogP contribution in [0.5, 0.6) is 0 Å². The minimum atomic E-state index is 0.635. The maximum Gasteiger partial charge on any atom is 0.284 e. The molecule has 0 spiro atoms. The predicted molar refractivity (Wildman–Crippen MR) is 89.4 cm³/mol. The number of hydrogen-bond acceptors (Lipinski definition) is 3. The maximum atomic E-state index is 5.57. The Morgan fingerprint density at radius 2 is 1.39 bits per heavy atom. The summed E-state index contributed by atoms with van der Waals surface area (Å²) < 4.78 is 5.57. The highest BCUT2D eigenvalue weighted by atomic mass is 16.3. The van der Waals surface area contributed by atoms with Gasteiger partial charge in [0.25, 0.3) is 6.39 Å². The van der Waals surface area contributed by atoms with Gasteiger partial charge in [-0.1, -0.05) is 66.7 Å². The molecule has 2 aromatic heterocycles. The molecule has 2 heterocycles. The van der Waals surface area contributed by atoms with Gasteiger partial charge in [-0.15, -0.1) is 0 Å². The van der Waals surface area contributed by atoms with Crippen molar-refractivity contribution in [3.8, 4) is 33.8 Å². The number of hydrogen-bond donors (Lipinski definition) is 0. The van der Waals surface area contributed by atoms with Crippen LogP contribution in [0.2, 0.25) is 0 Å². The molecular weight excluding hydrogens is 284 g/mol. The largest absolute Gasteiger partial charge is 0.430 e. The molecule has 0 saturated carbocycles. The third kappa shape index (κ3) is 2.53. The minimum Gasteiger partial charge on any atom is -0.430 e. The summed E-state index contributed by atoms with van der Waals surface area (Å²) in [7, 11) is 0. The Morgan fingerprint density at radius 1 is 0.696 bits per heavy atom. The molecule has 0 bridgehead atoms. The van der Waals surface area contributed by atoms with Gasteiger partial charge < -0.3 is 4.42 Å². The summed E-state index contributed by atoms with van der Waals surface area (Å²) in [6.45, 7) is 0. The van der Waals surface area contributed by atoms with Crippen LogP contribution in [0, 0.1) is 6.39 Å². The molecular formula is C20H13N2O. The highest BCUT2D eigenvalue weighted by molar-refractivity contribution is 5.84. The lowest BCUT2D eigenvalue weighted by atomic mass is 10.0. The van der Waals surface area contributed by atoms with Crippen molar-refractivity contribution in [2.75, 3.05) is 0 Å². The van der Waals surface area contributed by atoms with Gasteiger partial charge in [0.1, 0.15) is 11.4 Å². The highest BCUT2D eigenvalue weighted by Gasteiger charge is 2.18. The van der Waals surface area contributed by atoms with E-state index in [-0.39, 0.29) is 0 Å². The highest BCUT2D eigenvalue weighted by Crippen LogP contribution is 2.35. The van der Waals surface area contributed by atoms with Crippen molar-refractivity contribution in [2.24, 2.45) is 0 Å². The Balaban J connectivity index is 1.90. The Bertz CT molecular complexity index is 915. The van der Waals surface area contributed by atoms with Crippen LogP contribution < -0.4 is 0 Å². The van der Waals surface area contributed by atoms with E-state index >= 15 is 0 Å². The average Bonchev–Trinajstić information content (AvgIpc) is 3.13. The predicted octanol–water partition coefficient (Wildman–Crippen LogP) is 4.87. The van der Waals surface area contributed by atoms with Crippen LogP contribution in [0.1, 0.15) is 0 Å². The van der Waals surface area contributed by atoms with E-state index in [2.05, 4.69) is 28.5 Å². The molecule has 1 radical (unpaired) electrons. The van der Waals surface area contributed by atoms with E-state index in [9.17, 15) is 0 Å². The van der Waals surface area contributed by atoms with Gasteiger partial charge >= 0.3 is 0 Å². The van der Waals surface area contributed by atoms with Gasteiger partial charge in [0.05, 0.1) is 0 Å².